The molecule has 0 radical (unpaired) electrons. The van der Waals surface area contributed by atoms with Crippen LogP contribution >= 0.6 is 24.4 Å². The SMILES string of the molecule is CCN(CC)C(=S)NCC(COO)n1[nH]nnc1=S. The van der Waals surface area contributed by atoms with Gasteiger partial charge in [-0.15, -0.1) is 0 Å². The van der Waals surface area contributed by atoms with Crippen molar-refractivity contribution in [2.45, 2.75) is 19.9 Å². The molecule has 0 amide bonds. The minimum atomic E-state index is -0.277. The summed E-state index contributed by atoms with van der Waals surface area (Å²) < 4.78 is 1.82. The molecule has 0 aliphatic carbocycles. The zero-order valence-corrected chi connectivity index (χ0v) is 12.5. The minimum Gasteiger partial charge on any atom is -0.360 e. The Bertz CT molecular complexity index is 444. The first-order chi connectivity index (χ1) is 9.13. The lowest BCUT2D eigenvalue weighted by atomic mass is 10.3. The van der Waals surface area contributed by atoms with Gasteiger partial charge in [-0.2, -0.15) is 5.21 Å². The zero-order valence-electron chi connectivity index (χ0n) is 10.9. The smallest absolute Gasteiger partial charge is 0.238 e. The molecule has 0 saturated carbocycles. The molecule has 1 aromatic heterocycles. The molecule has 1 unspecified atom stereocenters. The Morgan fingerprint density at radius 2 is 2.26 bits per heavy atom. The Kier molecular flexibility index (Phi) is 6.84. The summed E-state index contributed by atoms with van der Waals surface area (Å²) in [5.74, 6) is 0. The quantitative estimate of drug-likeness (QED) is 0.383. The van der Waals surface area contributed by atoms with Crippen LogP contribution in [0.15, 0.2) is 0 Å². The van der Waals surface area contributed by atoms with E-state index in [4.69, 9.17) is 29.7 Å². The number of hydrogen-bond acceptors (Lipinski definition) is 6. The zero-order chi connectivity index (χ0) is 14.3. The number of rotatable bonds is 7. The van der Waals surface area contributed by atoms with Gasteiger partial charge in [0.1, 0.15) is 6.61 Å². The van der Waals surface area contributed by atoms with Crippen LogP contribution in [0.5, 0.6) is 0 Å². The highest BCUT2D eigenvalue weighted by Crippen LogP contribution is 2.04. The van der Waals surface area contributed by atoms with E-state index in [-0.39, 0.29) is 17.4 Å². The maximum absolute atomic E-state index is 8.62. The predicted molar refractivity (Wildman–Crippen MR) is 76.3 cm³/mol. The third-order valence-electron chi connectivity index (χ3n) is 2.67. The van der Waals surface area contributed by atoms with Gasteiger partial charge in [0.25, 0.3) is 0 Å². The van der Waals surface area contributed by atoms with Crippen LogP contribution in [0.3, 0.4) is 0 Å². The molecule has 108 valence electrons. The Morgan fingerprint density at radius 3 is 2.74 bits per heavy atom. The first-order valence-electron chi connectivity index (χ1n) is 5.92. The lowest BCUT2D eigenvalue weighted by molar-refractivity contribution is -0.249. The van der Waals surface area contributed by atoms with Crippen molar-refractivity contribution in [1.29, 1.82) is 0 Å². The van der Waals surface area contributed by atoms with Gasteiger partial charge in [0.05, 0.1) is 6.04 Å². The van der Waals surface area contributed by atoms with Crippen molar-refractivity contribution in [1.82, 2.24) is 30.4 Å². The number of nitrogens with one attached hydrogen (secondary N) is 2. The number of tetrazole rings is 1. The highest BCUT2D eigenvalue weighted by Gasteiger charge is 2.15. The van der Waals surface area contributed by atoms with Crippen molar-refractivity contribution in [3.8, 4) is 0 Å². The summed E-state index contributed by atoms with van der Waals surface area (Å²) >= 11 is 10.3. The van der Waals surface area contributed by atoms with E-state index >= 15 is 0 Å². The van der Waals surface area contributed by atoms with Crippen molar-refractivity contribution < 1.29 is 10.1 Å². The molecule has 0 bridgehead atoms. The fourth-order valence-corrected chi connectivity index (χ4v) is 2.15. The molecule has 3 N–H and O–H groups in total. The molecule has 1 rings (SSSR count). The van der Waals surface area contributed by atoms with E-state index in [1.165, 1.54) is 4.68 Å². The van der Waals surface area contributed by atoms with E-state index < -0.39 is 0 Å². The summed E-state index contributed by atoms with van der Waals surface area (Å²) in [7, 11) is 0. The largest absolute Gasteiger partial charge is 0.360 e. The predicted octanol–water partition coefficient (Wildman–Crippen LogP) is 0.583. The number of H-pyrrole nitrogens is 1. The number of aromatic amines is 1. The van der Waals surface area contributed by atoms with Crippen LogP contribution in [0.1, 0.15) is 19.9 Å². The topological polar surface area (TPSA) is 91.2 Å². The highest BCUT2D eigenvalue weighted by molar-refractivity contribution is 7.80. The standard InChI is InChI=1S/C9H18N6O2S2/c1-3-14(4-2)8(18)10-5-7(6-17-16)15-9(19)11-12-13-15/h7,16H,3-6H2,1-2H3,(H,10,18)(H,11,13,19). The third-order valence-corrected chi connectivity index (χ3v) is 3.35. The summed E-state index contributed by atoms with van der Waals surface area (Å²) in [4.78, 5) is 6.20. The molecule has 0 saturated heterocycles. The maximum Gasteiger partial charge on any atom is 0.238 e. The normalized spacial score (nSPS) is 12.2. The second kappa shape index (κ2) is 8.15. The summed E-state index contributed by atoms with van der Waals surface area (Å²) in [5.41, 5.74) is 0. The third kappa shape index (κ3) is 4.49. The van der Waals surface area contributed by atoms with E-state index in [0.29, 0.717) is 11.7 Å². The Hall–Kier alpha value is -1.10. The maximum atomic E-state index is 8.62. The summed E-state index contributed by atoms with van der Waals surface area (Å²) in [6, 6.07) is -0.277. The molecular formula is C9H18N6O2S2. The van der Waals surface area contributed by atoms with Crippen molar-refractivity contribution in [3.05, 3.63) is 4.77 Å². The van der Waals surface area contributed by atoms with Crippen LogP contribution in [-0.2, 0) is 4.89 Å². The number of aromatic nitrogens is 4. The van der Waals surface area contributed by atoms with E-state index in [9.17, 15) is 0 Å². The van der Waals surface area contributed by atoms with E-state index in [2.05, 4.69) is 25.7 Å². The van der Waals surface area contributed by atoms with Crippen LogP contribution in [0.4, 0.5) is 0 Å². The fraction of sp³-hybridized carbons (Fsp3) is 0.778. The molecule has 0 aliphatic heterocycles. The first kappa shape index (κ1) is 16.0. The van der Waals surface area contributed by atoms with Crippen LogP contribution in [0.2, 0.25) is 0 Å². The summed E-state index contributed by atoms with van der Waals surface area (Å²) in [6.07, 6.45) is 0. The van der Waals surface area contributed by atoms with Gasteiger partial charge in [0.2, 0.25) is 4.77 Å². The van der Waals surface area contributed by atoms with Crippen LogP contribution in [0.25, 0.3) is 0 Å². The number of nitrogens with zero attached hydrogens (tertiary/aromatic N) is 4. The van der Waals surface area contributed by atoms with E-state index in [1.54, 1.807) is 0 Å². The highest BCUT2D eigenvalue weighted by atomic mass is 32.1. The molecule has 8 nitrogen and oxygen atoms in total. The minimum absolute atomic E-state index is 0.0477. The van der Waals surface area contributed by atoms with Gasteiger partial charge in [-0.05, 0) is 38.3 Å². The molecule has 1 aromatic rings. The first-order valence-corrected chi connectivity index (χ1v) is 6.74. The van der Waals surface area contributed by atoms with Gasteiger partial charge in [0, 0.05) is 19.6 Å². The van der Waals surface area contributed by atoms with Crippen molar-refractivity contribution in [2.24, 2.45) is 0 Å². The summed E-state index contributed by atoms with van der Waals surface area (Å²) in [6.45, 7) is 6.20. The monoisotopic (exact) mass is 306 g/mol. The molecule has 1 atom stereocenters. The van der Waals surface area contributed by atoms with Gasteiger partial charge in [-0.3, -0.25) is 5.26 Å². The fourth-order valence-electron chi connectivity index (χ4n) is 1.58. The van der Waals surface area contributed by atoms with Crippen molar-refractivity contribution in [3.63, 3.8) is 0 Å². The van der Waals surface area contributed by atoms with E-state index in [0.717, 1.165) is 13.1 Å². The average Bonchev–Trinajstić information content (AvgIpc) is 2.82. The lowest BCUT2D eigenvalue weighted by Gasteiger charge is -2.24. The molecule has 1 heterocycles. The van der Waals surface area contributed by atoms with Gasteiger partial charge >= 0.3 is 0 Å². The Labute approximate surface area is 121 Å². The molecule has 0 aromatic carbocycles. The van der Waals surface area contributed by atoms with Crippen molar-refractivity contribution >= 4 is 29.5 Å². The van der Waals surface area contributed by atoms with E-state index in [1.807, 2.05) is 18.7 Å². The lowest BCUT2D eigenvalue weighted by Crippen LogP contribution is -2.42. The van der Waals surface area contributed by atoms with Gasteiger partial charge in [-0.25, -0.2) is 9.57 Å². The van der Waals surface area contributed by atoms with Crippen molar-refractivity contribution in [2.75, 3.05) is 26.2 Å². The van der Waals surface area contributed by atoms with Gasteiger partial charge in [-0.1, -0.05) is 10.3 Å². The molecule has 0 fully saturated rings. The second-order valence-corrected chi connectivity index (χ2v) is 4.51. The van der Waals surface area contributed by atoms with Crippen LogP contribution in [0, 0.1) is 4.77 Å². The Morgan fingerprint density at radius 1 is 1.58 bits per heavy atom. The van der Waals surface area contributed by atoms with Crippen LogP contribution in [-0.4, -0.2) is 61.7 Å². The second-order valence-electron chi connectivity index (χ2n) is 3.76. The molecule has 0 spiro atoms. The molecular weight excluding hydrogens is 288 g/mol. The number of thiocarbonyl (C=S) groups is 1. The van der Waals surface area contributed by atoms with Crippen LogP contribution < -0.4 is 5.32 Å². The average molecular weight is 306 g/mol. The number of hydrogen-bond donors (Lipinski definition) is 3. The molecule has 19 heavy (non-hydrogen) atoms. The van der Waals surface area contributed by atoms with Gasteiger partial charge < -0.3 is 10.2 Å². The summed E-state index contributed by atoms with van der Waals surface area (Å²) in [5, 5.41) is 22.3. The molecule has 0 aliphatic rings. The Balaban J connectivity index is 2.63. The molecule has 10 heteroatoms. The van der Waals surface area contributed by atoms with Gasteiger partial charge in [0.15, 0.2) is 5.11 Å².